The predicted octanol–water partition coefficient (Wildman–Crippen LogP) is 1.86. The maximum atomic E-state index is 12.6. The summed E-state index contributed by atoms with van der Waals surface area (Å²) >= 11 is 1.65. The number of amides is 1. The molecule has 3 rings (SSSR count). The lowest BCUT2D eigenvalue weighted by Gasteiger charge is -2.32. The molecule has 6 heteroatoms. The molecule has 2 aromatic rings. The Morgan fingerprint density at radius 1 is 1.43 bits per heavy atom. The summed E-state index contributed by atoms with van der Waals surface area (Å²) in [5, 5.41) is 3.08. The molecule has 110 valence electrons. The van der Waals surface area contributed by atoms with Gasteiger partial charge >= 0.3 is 0 Å². The van der Waals surface area contributed by atoms with Crippen LogP contribution in [-0.4, -0.2) is 33.4 Å². The molecule has 0 aromatic carbocycles. The van der Waals surface area contributed by atoms with Crippen LogP contribution < -0.4 is 5.56 Å². The zero-order valence-corrected chi connectivity index (χ0v) is 12.7. The Hall–Kier alpha value is -1.95. The third-order valence-electron chi connectivity index (χ3n) is 3.84. The van der Waals surface area contributed by atoms with Gasteiger partial charge in [-0.05, 0) is 18.9 Å². The molecule has 1 aliphatic heterocycles. The second kappa shape index (κ2) is 5.81. The molecule has 1 saturated heterocycles. The van der Waals surface area contributed by atoms with Crippen molar-refractivity contribution in [2.24, 2.45) is 7.05 Å². The number of rotatable bonds is 2. The summed E-state index contributed by atoms with van der Waals surface area (Å²) in [6, 6.07) is 3.05. The Morgan fingerprint density at radius 2 is 2.29 bits per heavy atom. The summed E-state index contributed by atoms with van der Waals surface area (Å²) in [7, 11) is 1.66. The molecule has 0 N–H and O–H groups in total. The van der Waals surface area contributed by atoms with Gasteiger partial charge in [0.2, 0.25) is 5.56 Å². The topological polar surface area (TPSA) is 55.2 Å². The second-order valence-electron chi connectivity index (χ2n) is 5.33. The maximum absolute atomic E-state index is 12.6. The van der Waals surface area contributed by atoms with Crippen molar-refractivity contribution >= 4 is 17.2 Å². The largest absolute Gasteiger partial charge is 0.338 e. The molecular formula is C15H17N3O2S. The number of nitrogens with zero attached hydrogens (tertiary/aromatic N) is 3. The Morgan fingerprint density at radius 3 is 3.00 bits per heavy atom. The normalized spacial score (nSPS) is 18.7. The molecule has 0 saturated carbocycles. The van der Waals surface area contributed by atoms with Crippen LogP contribution in [0.3, 0.4) is 0 Å². The highest BCUT2D eigenvalue weighted by molar-refractivity contribution is 7.09. The number of carbonyl (C=O) groups is 1. The summed E-state index contributed by atoms with van der Waals surface area (Å²) in [6.45, 7) is 1.47. The third-order valence-corrected chi connectivity index (χ3v) is 4.78. The van der Waals surface area contributed by atoms with Crippen molar-refractivity contribution in [2.45, 2.75) is 18.8 Å². The predicted molar refractivity (Wildman–Crippen MR) is 81.7 cm³/mol. The Balaban J connectivity index is 1.78. The van der Waals surface area contributed by atoms with Crippen LogP contribution in [0.1, 0.15) is 34.1 Å². The molecule has 2 aromatic heterocycles. The molecule has 3 heterocycles. The van der Waals surface area contributed by atoms with Gasteiger partial charge in [0.25, 0.3) is 5.91 Å². The fourth-order valence-electron chi connectivity index (χ4n) is 2.70. The Kier molecular flexibility index (Phi) is 3.88. The number of aryl methyl sites for hydroxylation is 1. The van der Waals surface area contributed by atoms with Crippen LogP contribution in [0.2, 0.25) is 0 Å². The first kappa shape index (κ1) is 14.0. The Bertz CT molecular complexity index is 693. The highest BCUT2D eigenvalue weighted by atomic mass is 32.1. The molecule has 1 atom stereocenters. The minimum absolute atomic E-state index is 0.00754. The molecule has 0 radical (unpaired) electrons. The average molecular weight is 303 g/mol. The number of thiazole rings is 1. The van der Waals surface area contributed by atoms with Crippen molar-refractivity contribution in [1.29, 1.82) is 0 Å². The number of carbonyl (C=O) groups excluding carboxylic acids is 1. The first-order chi connectivity index (χ1) is 10.1. The van der Waals surface area contributed by atoms with Crippen molar-refractivity contribution in [1.82, 2.24) is 14.5 Å². The van der Waals surface area contributed by atoms with E-state index in [1.807, 2.05) is 16.5 Å². The van der Waals surface area contributed by atoms with Crippen LogP contribution >= 0.6 is 11.3 Å². The molecule has 1 unspecified atom stereocenters. The highest BCUT2D eigenvalue weighted by Gasteiger charge is 2.26. The molecule has 0 bridgehead atoms. The van der Waals surface area contributed by atoms with E-state index in [4.69, 9.17) is 0 Å². The summed E-state index contributed by atoms with van der Waals surface area (Å²) in [6.07, 6.45) is 5.48. The van der Waals surface area contributed by atoms with Gasteiger partial charge in [-0.15, -0.1) is 11.3 Å². The minimum Gasteiger partial charge on any atom is -0.338 e. The van der Waals surface area contributed by atoms with Crippen LogP contribution in [0, 0.1) is 0 Å². The first-order valence-corrected chi connectivity index (χ1v) is 7.88. The van der Waals surface area contributed by atoms with Gasteiger partial charge in [-0.1, -0.05) is 0 Å². The molecule has 1 amide bonds. The molecule has 1 aliphatic rings. The van der Waals surface area contributed by atoms with Gasteiger partial charge < -0.3 is 9.47 Å². The van der Waals surface area contributed by atoms with Gasteiger partial charge in [-0.2, -0.15) is 0 Å². The van der Waals surface area contributed by atoms with Crippen LogP contribution in [0.5, 0.6) is 0 Å². The van der Waals surface area contributed by atoms with E-state index in [-0.39, 0.29) is 11.5 Å². The molecule has 0 aliphatic carbocycles. The molecule has 0 spiro atoms. The number of likely N-dealkylation sites (tertiary alicyclic amines) is 1. The fraction of sp³-hybridized carbons (Fsp3) is 0.400. The standard InChI is InChI=1S/C15H17N3O2S/c1-17-9-12(4-5-13(17)19)15(20)18-7-2-3-11(10-18)14-16-6-8-21-14/h4-6,8-9,11H,2-3,7,10H2,1H3. The fourth-order valence-corrected chi connectivity index (χ4v) is 3.47. The summed E-state index contributed by atoms with van der Waals surface area (Å²) < 4.78 is 1.44. The summed E-state index contributed by atoms with van der Waals surface area (Å²) in [5.41, 5.74) is 0.461. The van der Waals surface area contributed by atoms with Gasteiger partial charge in [0.05, 0.1) is 10.6 Å². The summed E-state index contributed by atoms with van der Waals surface area (Å²) in [5.74, 6) is 0.321. The maximum Gasteiger partial charge on any atom is 0.255 e. The van der Waals surface area contributed by atoms with Crippen molar-refractivity contribution in [2.75, 3.05) is 13.1 Å². The number of piperidine rings is 1. The van der Waals surface area contributed by atoms with Crippen molar-refractivity contribution < 1.29 is 4.79 Å². The second-order valence-corrected chi connectivity index (χ2v) is 6.25. The third kappa shape index (κ3) is 2.90. The average Bonchev–Trinajstić information content (AvgIpc) is 3.04. The SMILES string of the molecule is Cn1cc(C(=O)N2CCCC(c3nccs3)C2)ccc1=O. The number of pyridine rings is 1. The molecule has 1 fully saturated rings. The monoisotopic (exact) mass is 303 g/mol. The lowest BCUT2D eigenvalue weighted by molar-refractivity contribution is 0.0706. The van der Waals surface area contributed by atoms with Crippen molar-refractivity contribution in [3.8, 4) is 0 Å². The van der Waals surface area contributed by atoms with E-state index in [2.05, 4.69) is 4.98 Å². The van der Waals surface area contributed by atoms with E-state index in [1.165, 1.54) is 10.6 Å². The smallest absolute Gasteiger partial charge is 0.255 e. The van der Waals surface area contributed by atoms with Crippen molar-refractivity contribution in [3.63, 3.8) is 0 Å². The van der Waals surface area contributed by atoms with E-state index >= 15 is 0 Å². The van der Waals surface area contributed by atoms with Crippen LogP contribution in [0.15, 0.2) is 34.7 Å². The minimum atomic E-state index is -0.106. The van der Waals surface area contributed by atoms with Gasteiger partial charge in [-0.3, -0.25) is 9.59 Å². The first-order valence-electron chi connectivity index (χ1n) is 7.00. The van der Waals surface area contributed by atoms with E-state index in [1.54, 1.807) is 30.6 Å². The van der Waals surface area contributed by atoms with E-state index in [9.17, 15) is 9.59 Å². The quantitative estimate of drug-likeness (QED) is 0.851. The molecule has 5 nitrogen and oxygen atoms in total. The van der Waals surface area contributed by atoms with Gasteiger partial charge in [0.1, 0.15) is 0 Å². The van der Waals surface area contributed by atoms with Gasteiger partial charge in [0, 0.05) is 49.9 Å². The zero-order valence-electron chi connectivity index (χ0n) is 11.9. The van der Waals surface area contributed by atoms with Crippen LogP contribution in [-0.2, 0) is 7.05 Å². The zero-order chi connectivity index (χ0) is 14.8. The van der Waals surface area contributed by atoms with E-state index in [0.717, 1.165) is 24.4 Å². The highest BCUT2D eigenvalue weighted by Crippen LogP contribution is 2.28. The number of hydrogen-bond donors (Lipinski definition) is 0. The van der Waals surface area contributed by atoms with Crippen LogP contribution in [0.25, 0.3) is 0 Å². The lowest BCUT2D eigenvalue weighted by atomic mass is 9.98. The van der Waals surface area contributed by atoms with Crippen molar-refractivity contribution in [3.05, 3.63) is 50.8 Å². The van der Waals surface area contributed by atoms with Gasteiger partial charge in [-0.25, -0.2) is 4.98 Å². The number of aromatic nitrogens is 2. The number of hydrogen-bond acceptors (Lipinski definition) is 4. The lowest BCUT2D eigenvalue weighted by Crippen LogP contribution is -2.39. The molecular weight excluding hydrogens is 286 g/mol. The summed E-state index contributed by atoms with van der Waals surface area (Å²) in [4.78, 5) is 30.2. The van der Waals surface area contributed by atoms with Crippen LogP contribution in [0.4, 0.5) is 0 Å². The van der Waals surface area contributed by atoms with Gasteiger partial charge in [0.15, 0.2) is 0 Å². The molecule has 21 heavy (non-hydrogen) atoms. The van der Waals surface area contributed by atoms with E-state index in [0.29, 0.717) is 18.0 Å². The Labute approximate surface area is 126 Å². The van der Waals surface area contributed by atoms with E-state index < -0.39 is 0 Å².